The van der Waals surface area contributed by atoms with Crippen molar-refractivity contribution in [3.8, 4) is 11.4 Å². The smallest absolute Gasteiger partial charge is 0.256 e. The van der Waals surface area contributed by atoms with Crippen molar-refractivity contribution in [2.24, 2.45) is 7.05 Å². The number of amides is 1. The first kappa shape index (κ1) is 16.6. The summed E-state index contributed by atoms with van der Waals surface area (Å²) in [6, 6.07) is 11.6. The average molecular weight is 373 g/mol. The molecule has 0 unspecified atom stereocenters. The van der Waals surface area contributed by atoms with E-state index in [0.717, 1.165) is 22.4 Å². The van der Waals surface area contributed by atoms with Gasteiger partial charge in [-0.25, -0.2) is 9.67 Å². The van der Waals surface area contributed by atoms with Gasteiger partial charge in [0.1, 0.15) is 11.3 Å². The molecule has 1 aromatic carbocycles. The van der Waals surface area contributed by atoms with E-state index in [4.69, 9.17) is 4.98 Å². The van der Waals surface area contributed by atoms with Crippen LogP contribution in [0.2, 0.25) is 0 Å². The lowest BCUT2D eigenvalue weighted by Gasteiger charge is -2.32. The van der Waals surface area contributed by atoms with Crippen molar-refractivity contribution in [1.29, 1.82) is 0 Å². The molecule has 8 nitrogen and oxygen atoms in total. The molecule has 1 atom stereocenters. The molecule has 8 heteroatoms. The monoisotopic (exact) mass is 373 g/mol. The summed E-state index contributed by atoms with van der Waals surface area (Å²) in [7, 11) is 1.84. The molecule has 0 bridgehead atoms. The Labute approximate surface area is 161 Å². The molecule has 0 spiro atoms. The SMILES string of the molecule is C[C@H]1c2nc(-c3ccccc3)nn2CCN1C(=O)c1cnc2cnn(C)c2c1. The van der Waals surface area contributed by atoms with Crippen molar-refractivity contribution in [2.75, 3.05) is 6.54 Å². The maximum absolute atomic E-state index is 13.2. The summed E-state index contributed by atoms with van der Waals surface area (Å²) in [6.07, 6.45) is 3.31. The quantitative estimate of drug-likeness (QED) is 0.539. The Bertz CT molecular complexity index is 1180. The van der Waals surface area contributed by atoms with E-state index in [0.29, 0.717) is 24.5 Å². The number of fused-ring (bicyclic) bond motifs is 2. The molecule has 0 N–H and O–H groups in total. The number of hydrogen-bond donors (Lipinski definition) is 0. The number of benzene rings is 1. The lowest BCUT2D eigenvalue weighted by Crippen LogP contribution is -2.41. The Morgan fingerprint density at radius 2 is 1.96 bits per heavy atom. The van der Waals surface area contributed by atoms with Crippen LogP contribution in [0.15, 0.2) is 48.8 Å². The molecule has 1 amide bonds. The topological polar surface area (TPSA) is 81.7 Å². The zero-order chi connectivity index (χ0) is 19.3. The van der Waals surface area contributed by atoms with Crippen LogP contribution in [0.1, 0.15) is 29.1 Å². The highest BCUT2D eigenvalue weighted by Gasteiger charge is 2.31. The average Bonchev–Trinajstić information content (AvgIpc) is 3.33. The van der Waals surface area contributed by atoms with Crippen LogP contribution < -0.4 is 0 Å². The van der Waals surface area contributed by atoms with Crippen LogP contribution in [0.5, 0.6) is 0 Å². The van der Waals surface area contributed by atoms with Crippen LogP contribution in [0.25, 0.3) is 22.4 Å². The van der Waals surface area contributed by atoms with Gasteiger partial charge in [-0.1, -0.05) is 30.3 Å². The summed E-state index contributed by atoms with van der Waals surface area (Å²) >= 11 is 0. The van der Waals surface area contributed by atoms with Crippen molar-refractivity contribution in [1.82, 2.24) is 34.4 Å². The molecule has 0 fully saturated rings. The molecule has 0 aliphatic carbocycles. The molecule has 1 aliphatic rings. The fourth-order valence-corrected chi connectivity index (χ4v) is 3.66. The van der Waals surface area contributed by atoms with Crippen molar-refractivity contribution in [3.05, 3.63) is 60.2 Å². The number of carbonyl (C=O) groups is 1. The number of aromatic nitrogens is 6. The van der Waals surface area contributed by atoms with Crippen LogP contribution in [-0.2, 0) is 13.6 Å². The number of carbonyl (C=O) groups excluding carboxylic acids is 1. The molecular formula is C20H19N7O. The minimum absolute atomic E-state index is 0.0568. The van der Waals surface area contributed by atoms with Gasteiger partial charge in [0.25, 0.3) is 5.91 Å². The molecule has 3 aromatic heterocycles. The largest absolute Gasteiger partial charge is 0.327 e. The number of pyridine rings is 1. The third-order valence-corrected chi connectivity index (χ3v) is 5.23. The highest BCUT2D eigenvalue weighted by Crippen LogP contribution is 2.28. The van der Waals surface area contributed by atoms with E-state index < -0.39 is 0 Å². The molecule has 0 radical (unpaired) electrons. The summed E-state index contributed by atoms with van der Waals surface area (Å²) in [6.45, 7) is 3.18. The molecule has 0 saturated heterocycles. The maximum Gasteiger partial charge on any atom is 0.256 e. The highest BCUT2D eigenvalue weighted by atomic mass is 16.2. The Kier molecular flexibility index (Phi) is 3.71. The standard InChI is InChI=1S/C20H19N7O/c1-13-19-23-18(14-6-4-3-5-7-14)24-27(19)9-8-26(13)20(28)15-10-17-16(21-11-15)12-22-25(17)2/h3-7,10-13H,8-9H2,1-2H3/t13-/m0/s1. The third kappa shape index (κ3) is 2.57. The minimum atomic E-state index is -0.173. The fraction of sp³-hybridized carbons (Fsp3) is 0.250. The predicted molar refractivity (Wildman–Crippen MR) is 103 cm³/mol. The van der Waals surface area contributed by atoms with Crippen LogP contribution in [0, 0.1) is 0 Å². The summed E-state index contributed by atoms with van der Waals surface area (Å²) in [5.41, 5.74) is 3.14. The van der Waals surface area contributed by atoms with Crippen molar-refractivity contribution >= 4 is 16.9 Å². The molecule has 0 saturated carbocycles. The summed E-state index contributed by atoms with van der Waals surface area (Å²) in [4.78, 5) is 24.1. The number of aryl methyl sites for hydroxylation is 1. The van der Waals surface area contributed by atoms with Gasteiger partial charge in [0.15, 0.2) is 5.82 Å². The first-order valence-electron chi connectivity index (χ1n) is 9.21. The first-order valence-corrected chi connectivity index (χ1v) is 9.21. The van der Waals surface area contributed by atoms with Gasteiger partial charge >= 0.3 is 0 Å². The molecule has 140 valence electrons. The molecule has 5 rings (SSSR count). The molecular weight excluding hydrogens is 354 g/mol. The normalized spacial score (nSPS) is 16.4. The van der Waals surface area contributed by atoms with Crippen LogP contribution in [0.4, 0.5) is 0 Å². The Morgan fingerprint density at radius 3 is 2.79 bits per heavy atom. The van der Waals surface area contributed by atoms with Gasteiger partial charge in [0.05, 0.1) is 29.9 Å². The van der Waals surface area contributed by atoms with E-state index in [1.165, 1.54) is 0 Å². The van der Waals surface area contributed by atoms with Gasteiger partial charge in [-0.3, -0.25) is 14.5 Å². The third-order valence-electron chi connectivity index (χ3n) is 5.23. The number of nitrogens with zero attached hydrogens (tertiary/aromatic N) is 7. The lowest BCUT2D eigenvalue weighted by molar-refractivity contribution is 0.0630. The van der Waals surface area contributed by atoms with Gasteiger partial charge in [0, 0.05) is 25.4 Å². The Hall–Kier alpha value is -3.55. The number of rotatable bonds is 2. The molecule has 4 aromatic rings. The maximum atomic E-state index is 13.2. The predicted octanol–water partition coefficient (Wildman–Crippen LogP) is 2.44. The zero-order valence-corrected chi connectivity index (χ0v) is 15.6. The summed E-state index contributed by atoms with van der Waals surface area (Å²) in [5.74, 6) is 1.43. The fourth-order valence-electron chi connectivity index (χ4n) is 3.66. The summed E-state index contributed by atoms with van der Waals surface area (Å²) in [5, 5.41) is 8.82. The van der Waals surface area contributed by atoms with Crippen LogP contribution >= 0.6 is 0 Å². The van der Waals surface area contributed by atoms with E-state index in [2.05, 4.69) is 15.2 Å². The summed E-state index contributed by atoms with van der Waals surface area (Å²) < 4.78 is 3.63. The van der Waals surface area contributed by atoms with E-state index in [1.807, 2.05) is 60.0 Å². The van der Waals surface area contributed by atoms with Crippen LogP contribution in [-0.4, -0.2) is 46.9 Å². The number of hydrogen-bond acceptors (Lipinski definition) is 5. The highest BCUT2D eigenvalue weighted by molar-refractivity contribution is 5.97. The van der Waals surface area contributed by atoms with Gasteiger partial charge in [-0.2, -0.15) is 10.2 Å². The molecule has 1 aliphatic heterocycles. The van der Waals surface area contributed by atoms with E-state index in [1.54, 1.807) is 17.1 Å². The Balaban J connectivity index is 1.46. The van der Waals surface area contributed by atoms with Gasteiger partial charge < -0.3 is 4.90 Å². The first-order chi connectivity index (χ1) is 13.6. The Morgan fingerprint density at radius 1 is 1.14 bits per heavy atom. The van der Waals surface area contributed by atoms with E-state index >= 15 is 0 Å². The second-order valence-electron chi connectivity index (χ2n) is 6.95. The molecule has 4 heterocycles. The molecule has 28 heavy (non-hydrogen) atoms. The van der Waals surface area contributed by atoms with Crippen LogP contribution in [0.3, 0.4) is 0 Å². The van der Waals surface area contributed by atoms with E-state index in [-0.39, 0.29) is 11.9 Å². The van der Waals surface area contributed by atoms with Gasteiger partial charge in [-0.15, -0.1) is 0 Å². The van der Waals surface area contributed by atoms with Crippen molar-refractivity contribution < 1.29 is 4.79 Å². The van der Waals surface area contributed by atoms with Gasteiger partial charge in [0.2, 0.25) is 0 Å². The lowest BCUT2D eigenvalue weighted by atomic mass is 10.1. The van der Waals surface area contributed by atoms with Gasteiger partial charge in [-0.05, 0) is 13.0 Å². The second kappa shape index (κ2) is 6.26. The second-order valence-corrected chi connectivity index (χ2v) is 6.95. The minimum Gasteiger partial charge on any atom is -0.327 e. The van der Waals surface area contributed by atoms with Crippen molar-refractivity contribution in [2.45, 2.75) is 19.5 Å². The zero-order valence-electron chi connectivity index (χ0n) is 15.6. The van der Waals surface area contributed by atoms with Crippen molar-refractivity contribution in [3.63, 3.8) is 0 Å². The van der Waals surface area contributed by atoms with E-state index in [9.17, 15) is 4.79 Å².